The standard InChI is InChI=1S/C14H21Cl2NOS/c1-10(9-19-3)17(2)8-7-13(18)11-5-4-6-12(15)14(11)16/h4-6,10,13,18H,7-9H2,1-3H3. The molecule has 0 spiro atoms. The molecule has 0 aliphatic rings. The van der Waals surface area contributed by atoms with Crippen LogP contribution in [0.5, 0.6) is 0 Å². The summed E-state index contributed by atoms with van der Waals surface area (Å²) in [6.07, 6.45) is 2.18. The minimum Gasteiger partial charge on any atom is -0.388 e. The molecule has 1 aromatic rings. The Kier molecular flexibility index (Phi) is 7.55. The summed E-state index contributed by atoms with van der Waals surface area (Å²) in [4.78, 5) is 2.25. The van der Waals surface area contributed by atoms with Gasteiger partial charge in [-0.25, -0.2) is 0 Å². The average Bonchev–Trinajstić information content (AvgIpc) is 2.39. The number of hydrogen-bond donors (Lipinski definition) is 1. The topological polar surface area (TPSA) is 23.5 Å². The van der Waals surface area contributed by atoms with E-state index in [1.165, 1.54) is 0 Å². The molecule has 19 heavy (non-hydrogen) atoms. The molecule has 0 bridgehead atoms. The second kappa shape index (κ2) is 8.38. The van der Waals surface area contributed by atoms with E-state index in [2.05, 4.69) is 25.1 Å². The first kappa shape index (κ1) is 17.1. The third-order valence-electron chi connectivity index (χ3n) is 3.26. The van der Waals surface area contributed by atoms with Gasteiger partial charge in [0.2, 0.25) is 0 Å². The first-order valence-electron chi connectivity index (χ1n) is 6.28. The molecular weight excluding hydrogens is 301 g/mol. The Labute approximate surface area is 130 Å². The van der Waals surface area contributed by atoms with Crippen LogP contribution in [-0.4, -0.2) is 41.6 Å². The molecule has 0 aromatic heterocycles. The molecule has 0 radical (unpaired) electrons. The van der Waals surface area contributed by atoms with Crippen LogP contribution < -0.4 is 0 Å². The van der Waals surface area contributed by atoms with Crippen LogP contribution in [0, 0.1) is 0 Å². The van der Waals surface area contributed by atoms with E-state index in [0.29, 0.717) is 28.1 Å². The van der Waals surface area contributed by atoms with E-state index >= 15 is 0 Å². The molecule has 2 nitrogen and oxygen atoms in total. The Morgan fingerprint density at radius 3 is 2.68 bits per heavy atom. The van der Waals surface area contributed by atoms with E-state index in [9.17, 15) is 5.11 Å². The fourth-order valence-electron chi connectivity index (χ4n) is 1.85. The monoisotopic (exact) mass is 321 g/mol. The molecule has 0 heterocycles. The van der Waals surface area contributed by atoms with Gasteiger partial charge in [-0.3, -0.25) is 0 Å². The predicted octanol–water partition coefficient (Wildman–Crippen LogP) is 4.10. The maximum Gasteiger partial charge on any atom is 0.0817 e. The van der Waals surface area contributed by atoms with Crippen LogP contribution in [-0.2, 0) is 0 Å². The van der Waals surface area contributed by atoms with Crippen molar-refractivity contribution in [1.29, 1.82) is 0 Å². The van der Waals surface area contributed by atoms with Crippen LogP contribution >= 0.6 is 35.0 Å². The molecule has 2 unspecified atom stereocenters. The quantitative estimate of drug-likeness (QED) is 0.817. The van der Waals surface area contributed by atoms with Gasteiger partial charge in [-0.1, -0.05) is 35.3 Å². The molecule has 1 aromatic carbocycles. The molecule has 0 saturated heterocycles. The number of hydrogen-bond acceptors (Lipinski definition) is 3. The van der Waals surface area contributed by atoms with Crippen molar-refractivity contribution in [2.75, 3.05) is 25.6 Å². The van der Waals surface area contributed by atoms with Crippen molar-refractivity contribution < 1.29 is 5.11 Å². The Bertz CT molecular complexity index is 403. The minimum absolute atomic E-state index is 0.455. The molecule has 0 saturated carbocycles. The molecule has 0 aliphatic carbocycles. The average molecular weight is 322 g/mol. The second-order valence-corrected chi connectivity index (χ2v) is 6.43. The Morgan fingerprint density at radius 1 is 1.37 bits per heavy atom. The van der Waals surface area contributed by atoms with Crippen LogP contribution in [0.1, 0.15) is 25.0 Å². The smallest absolute Gasteiger partial charge is 0.0817 e. The highest BCUT2D eigenvalue weighted by molar-refractivity contribution is 7.98. The van der Waals surface area contributed by atoms with Gasteiger partial charge in [0.1, 0.15) is 0 Å². The number of benzene rings is 1. The summed E-state index contributed by atoms with van der Waals surface area (Å²) in [7, 11) is 2.08. The highest BCUT2D eigenvalue weighted by Crippen LogP contribution is 2.31. The zero-order valence-electron chi connectivity index (χ0n) is 11.6. The van der Waals surface area contributed by atoms with Gasteiger partial charge in [-0.05, 0) is 32.7 Å². The Hall–Kier alpha value is 0.0700. The van der Waals surface area contributed by atoms with Gasteiger partial charge in [0.15, 0.2) is 0 Å². The number of thioether (sulfide) groups is 1. The normalized spacial score (nSPS) is 14.7. The zero-order valence-corrected chi connectivity index (χ0v) is 13.9. The van der Waals surface area contributed by atoms with E-state index in [-0.39, 0.29) is 0 Å². The van der Waals surface area contributed by atoms with Crippen LogP contribution in [0.15, 0.2) is 18.2 Å². The maximum absolute atomic E-state index is 10.2. The van der Waals surface area contributed by atoms with Crippen LogP contribution in [0.2, 0.25) is 10.0 Å². The number of halogens is 2. The van der Waals surface area contributed by atoms with E-state index < -0.39 is 6.10 Å². The lowest BCUT2D eigenvalue weighted by atomic mass is 10.1. The van der Waals surface area contributed by atoms with Crippen molar-refractivity contribution in [3.63, 3.8) is 0 Å². The van der Waals surface area contributed by atoms with Gasteiger partial charge in [-0.15, -0.1) is 0 Å². The highest BCUT2D eigenvalue weighted by Gasteiger charge is 2.15. The molecule has 0 amide bonds. The van der Waals surface area contributed by atoms with E-state index in [0.717, 1.165) is 12.3 Å². The molecule has 108 valence electrons. The van der Waals surface area contributed by atoms with E-state index in [1.807, 2.05) is 23.9 Å². The van der Waals surface area contributed by atoms with Crippen molar-refractivity contribution in [2.24, 2.45) is 0 Å². The Balaban J connectivity index is 2.55. The third-order valence-corrected chi connectivity index (χ3v) is 4.91. The molecule has 5 heteroatoms. The van der Waals surface area contributed by atoms with Crippen molar-refractivity contribution in [1.82, 2.24) is 4.90 Å². The van der Waals surface area contributed by atoms with Gasteiger partial charge < -0.3 is 10.0 Å². The molecule has 0 fully saturated rings. The Morgan fingerprint density at radius 2 is 2.05 bits per heavy atom. The SMILES string of the molecule is CSCC(C)N(C)CCC(O)c1cccc(Cl)c1Cl. The fraction of sp³-hybridized carbons (Fsp3) is 0.571. The number of aliphatic hydroxyl groups excluding tert-OH is 1. The van der Waals surface area contributed by atoms with Gasteiger partial charge in [0.05, 0.1) is 16.1 Å². The van der Waals surface area contributed by atoms with Crippen molar-refractivity contribution in [3.8, 4) is 0 Å². The van der Waals surface area contributed by atoms with Gasteiger partial charge in [0, 0.05) is 23.9 Å². The molecule has 0 aliphatic heterocycles. The summed E-state index contributed by atoms with van der Waals surface area (Å²) in [6, 6.07) is 5.86. The molecule has 1 rings (SSSR count). The van der Waals surface area contributed by atoms with E-state index in [4.69, 9.17) is 23.2 Å². The third kappa shape index (κ3) is 5.16. The van der Waals surface area contributed by atoms with Crippen LogP contribution in [0.4, 0.5) is 0 Å². The summed E-state index contributed by atoms with van der Waals surface area (Å²) in [5, 5.41) is 11.2. The maximum atomic E-state index is 10.2. The predicted molar refractivity (Wildman–Crippen MR) is 86.5 cm³/mol. The molecule has 1 N–H and O–H groups in total. The van der Waals surface area contributed by atoms with Crippen LogP contribution in [0.25, 0.3) is 0 Å². The van der Waals surface area contributed by atoms with Gasteiger partial charge >= 0.3 is 0 Å². The van der Waals surface area contributed by atoms with Crippen LogP contribution in [0.3, 0.4) is 0 Å². The number of rotatable bonds is 7. The lowest BCUT2D eigenvalue weighted by Crippen LogP contribution is -2.32. The number of nitrogens with zero attached hydrogens (tertiary/aromatic N) is 1. The van der Waals surface area contributed by atoms with Gasteiger partial charge in [0.25, 0.3) is 0 Å². The summed E-state index contributed by atoms with van der Waals surface area (Å²) >= 11 is 13.9. The zero-order chi connectivity index (χ0) is 14.4. The molecule has 2 atom stereocenters. The van der Waals surface area contributed by atoms with Gasteiger partial charge in [-0.2, -0.15) is 11.8 Å². The summed E-state index contributed by atoms with van der Waals surface area (Å²) in [5.41, 5.74) is 0.708. The highest BCUT2D eigenvalue weighted by atomic mass is 35.5. The van der Waals surface area contributed by atoms with Crippen molar-refractivity contribution in [2.45, 2.75) is 25.5 Å². The van der Waals surface area contributed by atoms with Crippen molar-refractivity contribution >= 4 is 35.0 Å². The van der Waals surface area contributed by atoms with E-state index in [1.54, 1.807) is 6.07 Å². The fourth-order valence-corrected chi connectivity index (χ4v) is 3.02. The lowest BCUT2D eigenvalue weighted by Gasteiger charge is -2.25. The second-order valence-electron chi connectivity index (χ2n) is 4.73. The lowest BCUT2D eigenvalue weighted by molar-refractivity contribution is 0.142. The number of aliphatic hydroxyl groups is 1. The summed E-state index contributed by atoms with van der Waals surface area (Å²) < 4.78 is 0. The summed E-state index contributed by atoms with van der Waals surface area (Å²) in [6.45, 7) is 3.01. The minimum atomic E-state index is -0.574. The molecular formula is C14H21Cl2NOS. The summed E-state index contributed by atoms with van der Waals surface area (Å²) in [5.74, 6) is 1.09. The van der Waals surface area contributed by atoms with Crippen molar-refractivity contribution in [3.05, 3.63) is 33.8 Å². The largest absolute Gasteiger partial charge is 0.388 e. The first-order valence-corrected chi connectivity index (χ1v) is 8.43. The first-order chi connectivity index (χ1) is 8.97.